The van der Waals surface area contributed by atoms with Crippen LogP contribution in [0.4, 0.5) is 13.6 Å². The highest BCUT2D eigenvalue weighted by Crippen LogP contribution is 2.48. The number of aryl methyl sites for hydroxylation is 1. The quantitative estimate of drug-likeness (QED) is 0.322. The van der Waals surface area contributed by atoms with Crippen LogP contribution in [0.1, 0.15) is 105 Å². The Hall–Kier alpha value is -4.35. The van der Waals surface area contributed by atoms with Gasteiger partial charge in [-0.3, -0.25) is 19.1 Å². The van der Waals surface area contributed by atoms with E-state index in [1.54, 1.807) is 46.9 Å². The molecule has 0 unspecified atom stereocenters. The Morgan fingerprint density at radius 3 is 2.47 bits per heavy atom. The number of alkyl carbamates (subject to hydrolysis) is 1. The van der Waals surface area contributed by atoms with Crippen LogP contribution in [-0.4, -0.2) is 102 Å². The molecule has 0 radical (unpaired) electrons. The summed E-state index contributed by atoms with van der Waals surface area (Å²) >= 11 is 0. The highest BCUT2D eigenvalue weighted by atomic mass is 32.2. The largest absolute Gasteiger partial charge is 0.497 e. The number of alkyl halides is 2. The number of hydrogen-bond donors (Lipinski definition) is 3. The number of rotatable bonds is 8. The number of hydrogen-bond acceptors (Lipinski definition) is 11. The third kappa shape index (κ3) is 9.27. The van der Waals surface area contributed by atoms with Gasteiger partial charge in [0.05, 0.1) is 29.9 Å². The summed E-state index contributed by atoms with van der Waals surface area (Å²) in [6, 6.07) is 2.80. The van der Waals surface area contributed by atoms with Crippen molar-refractivity contribution in [3.05, 3.63) is 23.9 Å². The van der Waals surface area contributed by atoms with Crippen molar-refractivity contribution in [2.75, 3.05) is 13.7 Å². The minimum atomic E-state index is -4.09. The third-order valence-electron chi connectivity index (χ3n) is 13.0. The van der Waals surface area contributed by atoms with Gasteiger partial charge in [0.1, 0.15) is 41.3 Å². The van der Waals surface area contributed by atoms with Crippen molar-refractivity contribution in [3.8, 4) is 11.6 Å². The maximum atomic E-state index is 14.9. The second-order valence-electron chi connectivity index (χ2n) is 18.8. The minimum absolute atomic E-state index is 0.149. The maximum absolute atomic E-state index is 14.9. The predicted octanol–water partition coefficient (Wildman–Crippen LogP) is 5.04. The molecule has 15 nitrogen and oxygen atoms in total. The van der Waals surface area contributed by atoms with Gasteiger partial charge in [-0.15, -0.1) is 0 Å². The molecule has 3 saturated carbocycles. The van der Waals surface area contributed by atoms with Crippen LogP contribution in [-0.2, 0) is 35.6 Å². The lowest BCUT2D eigenvalue weighted by Gasteiger charge is -2.36. The van der Waals surface area contributed by atoms with E-state index in [4.69, 9.17) is 24.2 Å². The molecular formula is C42H58F2N6O9S. The Kier molecular flexibility index (Phi) is 12.3. The minimum Gasteiger partial charge on any atom is -0.497 e. The molecule has 0 spiro atoms. The van der Waals surface area contributed by atoms with E-state index < -0.39 is 92.9 Å². The molecule has 5 aliphatic rings. The molecule has 3 heterocycles. The van der Waals surface area contributed by atoms with Gasteiger partial charge >= 0.3 is 6.09 Å². The van der Waals surface area contributed by atoms with Crippen LogP contribution in [0.5, 0.6) is 11.6 Å². The molecule has 330 valence electrons. The molecule has 1 saturated heterocycles. The van der Waals surface area contributed by atoms with Crippen molar-refractivity contribution in [2.45, 2.75) is 147 Å². The Balaban J connectivity index is 1.26. The van der Waals surface area contributed by atoms with Crippen molar-refractivity contribution >= 4 is 44.9 Å². The maximum Gasteiger partial charge on any atom is 0.408 e. The molecule has 4 fully saturated rings. The number of amides is 4. The van der Waals surface area contributed by atoms with Gasteiger partial charge in [0, 0.05) is 18.4 Å². The Labute approximate surface area is 349 Å². The Morgan fingerprint density at radius 1 is 1.03 bits per heavy atom. The van der Waals surface area contributed by atoms with Crippen LogP contribution in [0.15, 0.2) is 18.2 Å². The van der Waals surface area contributed by atoms with Crippen LogP contribution in [0.2, 0.25) is 0 Å². The molecule has 9 atom stereocenters. The van der Waals surface area contributed by atoms with Gasteiger partial charge in [-0.2, -0.15) is 0 Å². The fourth-order valence-electron chi connectivity index (χ4n) is 9.37. The van der Waals surface area contributed by atoms with Crippen LogP contribution in [0, 0.1) is 29.1 Å². The summed E-state index contributed by atoms with van der Waals surface area (Å²) in [4.78, 5) is 68.1. The Morgan fingerprint density at radius 2 is 1.78 bits per heavy atom. The predicted molar refractivity (Wildman–Crippen MR) is 216 cm³/mol. The molecule has 60 heavy (non-hydrogen) atoms. The molecule has 2 aromatic rings. The van der Waals surface area contributed by atoms with E-state index in [2.05, 4.69) is 17.6 Å². The zero-order valence-corrected chi connectivity index (χ0v) is 36.0. The van der Waals surface area contributed by atoms with Gasteiger partial charge < -0.3 is 29.7 Å². The monoisotopic (exact) mass is 860 g/mol. The normalized spacial score (nSPS) is 31.5. The van der Waals surface area contributed by atoms with Gasteiger partial charge in [0.25, 0.3) is 5.91 Å². The SMILES string of the molecule is COc1ccc2nc3c(nc2c1)O[C@H]1CN(C(=O)[C@H](C(C)(C)C)NC(=O)O[C@@H]2C[C@H](C)C[C@H]2CCCCC3)[C@H](C(=O)N[C@]2(C(=O)NS(=O)(=O)C3CC3)C[C@H]2CC(F)F)[C@@H]1C. The first kappa shape index (κ1) is 43.7. The van der Waals surface area contributed by atoms with Crippen molar-refractivity contribution in [3.63, 3.8) is 0 Å². The average Bonchev–Trinajstić information content (AvgIpc) is 4.08. The molecule has 1 aromatic heterocycles. The molecule has 3 aliphatic carbocycles. The fraction of sp³-hybridized carbons (Fsp3) is 0.714. The number of ether oxygens (including phenoxy) is 3. The molecule has 2 bridgehead atoms. The molecular weight excluding hydrogens is 803 g/mol. The second-order valence-corrected chi connectivity index (χ2v) is 20.7. The number of carbonyl (C=O) groups excluding carboxylic acids is 4. The Bertz CT molecular complexity index is 2100. The van der Waals surface area contributed by atoms with E-state index in [1.165, 1.54) is 4.90 Å². The van der Waals surface area contributed by atoms with Gasteiger partial charge in [-0.05, 0) is 86.7 Å². The number of aromatic nitrogens is 2. The third-order valence-corrected chi connectivity index (χ3v) is 14.8. The molecule has 2 aliphatic heterocycles. The summed E-state index contributed by atoms with van der Waals surface area (Å²) in [6.07, 6.45) is 0.513. The first-order chi connectivity index (χ1) is 28.3. The smallest absolute Gasteiger partial charge is 0.408 e. The first-order valence-corrected chi connectivity index (χ1v) is 22.8. The van der Waals surface area contributed by atoms with Crippen LogP contribution < -0.4 is 24.8 Å². The number of fused-ring (bicyclic) bond motifs is 5. The molecule has 18 heteroatoms. The number of nitrogens with one attached hydrogen (secondary N) is 3. The van der Waals surface area contributed by atoms with Crippen LogP contribution in [0.25, 0.3) is 11.0 Å². The van der Waals surface area contributed by atoms with Crippen LogP contribution in [0.3, 0.4) is 0 Å². The molecule has 3 N–H and O–H groups in total. The molecule has 4 amide bonds. The summed E-state index contributed by atoms with van der Waals surface area (Å²) in [6.45, 7) is 8.99. The zero-order chi connectivity index (χ0) is 43.3. The van der Waals surface area contributed by atoms with E-state index in [1.807, 2.05) is 10.8 Å². The number of benzene rings is 1. The van der Waals surface area contributed by atoms with E-state index in [-0.39, 0.29) is 30.9 Å². The highest BCUT2D eigenvalue weighted by molar-refractivity contribution is 7.91. The zero-order valence-electron chi connectivity index (χ0n) is 35.2. The summed E-state index contributed by atoms with van der Waals surface area (Å²) in [5.74, 6) is -3.13. The van der Waals surface area contributed by atoms with Crippen molar-refractivity contribution in [1.82, 2.24) is 30.2 Å². The fourth-order valence-corrected chi connectivity index (χ4v) is 10.7. The topological polar surface area (TPSA) is 195 Å². The lowest BCUT2D eigenvalue weighted by Crippen LogP contribution is -2.61. The lowest BCUT2D eigenvalue weighted by atomic mass is 9.85. The van der Waals surface area contributed by atoms with E-state index in [9.17, 15) is 36.4 Å². The standard InChI is InChI=1S/C42H58F2N6O9S/c1-22-16-24-10-8-7-9-11-29-37(46-30-19-26(57-6)12-15-28(30)45-29)58-32-21-50(38(52)35(41(3,4)5)47-40(54)59-31(24)17-22)34(23(32)2)36(51)48-42(20-25(42)18-33(43)44)39(53)49-60(55,56)27-13-14-27/h12,15,19,22-25,27,31-35H,7-11,13-14,16-18,20-21H2,1-6H3,(H,47,54)(H,48,51)(H,49,53)/t22-,23-,24-,25-,31-,32+,34+,35-,42-/m1/s1. The van der Waals surface area contributed by atoms with Crippen molar-refractivity contribution in [1.29, 1.82) is 0 Å². The van der Waals surface area contributed by atoms with E-state index >= 15 is 0 Å². The number of carbonyl (C=O) groups is 4. The second kappa shape index (κ2) is 16.8. The van der Waals surface area contributed by atoms with Gasteiger partial charge in [0.15, 0.2) is 0 Å². The van der Waals surface area contributed by atoms with Crippen LogP contribution >= 0.6 is 0 Å². The number of nitrogens with zero attached hydrogens (tertiary/aromatic N) is 3. The van der Waals surface area contributed by atoms with Gasteiger partial charge in [-0.25, -0.2) is 32.0 Å². The highest BCUT2D eigenvalue weighted by Gasteiger charge is 2.64. The number of halogens is 2. The number of sulfonamides is 1. The lowest BCUT2D eigenvalue weighted by molar-refractivity contribution is -0.143. The summed E-state index contributed by atoms with van der Waals surface area (Å²) in [5.41, 5.74) is -1.11. The molecule has 7 rings (SSSR count). The number of methoxy groups -OCH3 is 1. The summed E-state index contributed by atoms with van der Waals surface area (Å²) < 4.78 is 73.4. The first-order valence-electron chi connectivity index (χ1n) is 21.2. The van der Waals surface area contributed by atoms with E-state index in [0.29, 0.717) is 54.1 Å². The van der Waals surface area contributed by atoms with Gasteiger partial charge in [0.2, 0.25) is 34.1 Å². The van der Waals surface area contributed by atoms with Gasteiger partial charge in [-0.1, -0.05) is 47.5 Å². The van der Waals surface area contributed by atoms with E-state index in [0.717, 1.165) is 32.1 Å². The summed E-state index contributed by atoms with van der Waals surface area (Å²) in [7, 11) is -2.55. The van der Waals surface area contributed by atoms with Crippen molar-refractivity contribution in [2.24, 2.45) is 29.1 Å². The summed E-state index contributed by atoms with van der Waals surface area (Å²) in [5, 5.41) is 4.69. The molecule has 1 aromatic carbocycles. The van der Waals surface area contributed by atoms with Crippen molar-refractivity contribution < 1.29 is 50.6 Å². The average molecular weight is 861 g/mol.